The van der Waals surface area contributed by atoms with Crippen LogP contribution in [0.5, 0.6) is 5.88 Å². The highest BCUT2D eigenvalue weighted by atomic mass is 16.5. The fourth-order valence-corrected chi connectivity index (χ4v) is 2.41. The molecule has 3 N–H and O–H groups in total. The number of hydrogen-bond acceptors (Lipinski definition) is 5. The lowest BCUT2D eigenvalue weighted by molar-refractivity contribution is 0.0973. The van der Waals surface area contributed by atoms with Crippen molar-refractivity contribution in [1.29, 1.82) is 0 Å². The van der Waals surface area contributed by atoms with E-state index < -0.39 is 5.91 Å². The highest BCUT2D eigenvalue weighted by molar-refractivity contribution is 6.03. The maximum Gasteiger partial charge on any atom is 0.284 e. The second-order valence-electron chi connectivity index (χ2n) is 5.49. The van der Waals surface area contributed by atoms with Gasteiger partial charge in [-0.2, -0.15) is 5.10 Å². The quantitative estimate of drug-likeness (QED) is 0.706. The lowest BCUT2D eigenvalue weighted by Crippen LogP contribution is -2.13. The topological polar surface area (TPSA) is 112 Å². The zero-order valence-electron chi connectivity index (χ0n) is 14.4. The van der Waals surface area contributed by atoms with Crippen molar-refractivity contribution in [1.82, 2.24) is 9.78 Å². The molecule has 0 saturated carbocycles. The third kappa shape index (κ3) is 3.59. The van der Waals surface area contributed by atoms with Crippen LogP contribution in [-0.4, -0.2) is 28.2 Å². The molecule has 26 heavy (non-hydrogen) atoms. The molecule has 0 radical (unpaired) electrons. The number of carbonyl (C=O) groups excluding carboxylic acids is 2. The number of aromatic nitrogens is 2. The number of carbonyl (C=O) groups is 2. The summed E-state index contributed by atoms with van der Waals surface area (Å²) in [4.78, 5) is 23.5. The van der Waals surface area contributed by atoms with Gasteiger partial charge in [-0.15, -0.1) is 0 Å². The number of primary amides is 1. The molecule has 0 aliphatic carbocycles. The van der Waals surface area contributed by atoms with E-state index in [1.54, 1.807) is 43.4 Å². The van der Waals surface area contributed by atoms with Crippen molar-refractivity contribution in [2.24, 2.45) is 12.8 Å². The van der Waals surface area contributed by atoms with Crippen LogP contribution in [0.4, 0.5) is 5.69 Å². The summed E-state index contributed by atoms with van der Waals surface area (Å²) in [6.45, 7) is 2.34. The molecule has 0 atom stereocenters. The van der Waals surface area contributed by atoms with Crippen LogP contribution in [0.3, 0.4) is 0 Å². The predicted octanol–water partition coefficient (Wildman–Crippen LogP) is 2.43. The summed E-state index contributed by atoms with van der Waals surface area (Å²) < 4.78 is 12.3. The molecule has 2 heterocycles. The van der Waals surface area contributed by atoms with Crippen molar-refractivity contribution in [3.63, 3.8) is 0 Å². The second kappa shape index (κ2) is 7.14. The van der Waals surface area contributed by atoms with Gasteiger partial charge in [-0.1, -0.05) is 12.1 Å². The molecule has 2 amide bonds. The Morgan fingerprint density at radius 2 is 2.08 bits per heavy atom. The molecule has 0 fully saturated rings. The Hall–Kier alpha value is -3.55. The van der Waals surface area contributed by atoms with Gasteiger partial charge in [0.15, 0.2) is 11.5 Å². The normalized spacial score (nSPS) is 10.5. The summed E-state index contributed by atoms with van der Waals surface area (Å²) in [6, 6.07) is 11.8. The number of amides is 2. The summed E-state index contributed by atoms with van der Waals surface area (Å²) >= 11 is 0. The minimum atomic E-state index is -0.638. The average molecular weight is 354 g/mol. The first-order valence-corrected chi connectivity index (χ1v) is 7.96. The number of ether oxygens (including phenoxy) is 1. The SMILES string of the molecule is CCOc1cc(C(=O)Nc2cccc(-c3ccc(C(N)=O)o3)c2)nn1C. The van der Waals surface area contributed by atoms with E-state index in [2.05, 4.69) is 10.4 Å². The van der Waals surface area contributed by atoms with Crippen LogP contribution in [-0.2, 0) is 7.05 Å². The number of furan rings is 1. The van der Waals surface area contributed by atoms with Gasteiger partial charge in [-0.3, -0.25) is 9.59 Å². The summed E-state index contributed by atoms with van der Waals surface area (Å²) in [5.74, 6) is 0.0700. The highest BCUT2D eigenvalue weighted by Crippen LogP contribution is 2.25. The van der Waals surface area contributed by atoms with Gasteiger partial charge in [0, 0.05) is 24.4 Å². The Bertz CT molecular complexity index is 958. The van der Waals surface area contributed by atoms with Gasteiger partial charge in [0.05, 0.1) is 6.61 Å². The molecule has 3 rings (SSSR count). The van der Waals surface area contributed by atoms with E-state index in [4.69, 9.17) is 14.9 Å². The molecule has 0 aliphatic rings. The van der Waals surface area contributed by atoms with Gasteiger partial charge in [0.1, 0.15) is 5.76 Å². The molecular formula is C18H18N4O4. The van der Waals surface area contributed by atoms with Crippen LogP contribution in [0.2, 0.25) is 0 Å². The van der Waals surface area contributed by atoms with Crippen molar-refractivity contribution in [3.05, 3.63) is 53.9 Å². The zero-order valence-corrected chi connectivity index (χ0v) is 14.4. The number of rotatable bonds is 6. The maximum absolute atomic E-state index is 12.4. The summed E-state index contributed by atoms with van der Waals surface area (Å²) in [5.41, 5.74) is 6.70. The number of anilines is 1. The third-order valence-electron chi connectivity index (χ3n) is 3.62. The summed E-state index contributed by atoms with van der Waals surface area (Å²) in [5, 5.41) is 6.92. The number of aryl methyl sites for hydroxylation is 1. The lowest BCUT2D eigenvalue weighted by atomic mass is 10.1. The molecule has 0 saturated heterocycles. The number of hydrogen-bond donors (Lipinski definition) is 2. The van der Waals surface area contributed by atoms with Gasteiger partial charge in [-0.25, -0.2) is 4.68 Å². The molecule has 0 spiro atoms. The van der Waals surface area contributed by atoms with E-state index in [0.29, 0.717) is 29.5 Å². The van der Waals surface area contributed by atoms with E-state index in [1.807, 2.05) is 6.92 Å². The second-order valence-corrected chi connectivity index (χ2v) is 5.49. The maximum atomic E-state index is 12.4. The Morgan fingerprint density at radius 1 is 1.27 bits per heavy atom. The van der Waals surface area contributed by atoms with Crippen molar-refractivity contribution >= 4 is 17.5 Å². The van der Waals surface area contributed by atoms with Crippen LogP contribution in [0.15, 0.2) is 46.9 Å². The molecular weight excluding hydrogens is 336 g/mol. The first kappa shape index (κ1) is 17.3. The predicted molar refractivity (Wildman–Crippen MR) is 95.0 cm³/mol. The average Bonchev–Trinajstić information content (AvgIpc) is 3.23. The summed E-state index contributed by atoms with van der Waals surface area (Å²) in [6.07, 6.45) is 0. The van der Waals surface area contributed by atoms with Crippen LogP contribution in [0, 0.1) is 0 Å². The molecule has 8 nitrogen and oxygen atoms in total. The third-order valence-corrected chi connectivity index (χ3v) is 3.62. The molecule has 8 heteroatoms. The fourth-order valence-electron chi connectivity index (χ4n) is 2.41. The lowest BCUT2D eigenvalue weighted by Gasteiger charge is -2.05. The highest BCUT2D eigenvalue weighted by Gasteiger charge is 2.15. The van der Waals surface area contributed by atoms with E-state index >= 15 is 0 Å². The van der Waals surface area contributed by atoms with Gasteiger partial charge >= 0.3 is 0 Å². The van der Waals surface area contributed by atoms with Gasteiger partial charge in [0.2, 0.25) is 5.88 Å². The first-order chi connectivity index (χ1) is 12.5. The first-order valence-electron chi connectivity index (χ1n) is 7.96. The van der Waals surface area contributed by atoms with Crippen LogP contribution in [0.1, 0.15) is 28.0 Å². The minimum Gasteiger partial charge on any atom is -0.478 e. The summed E-state index contributed by atoms with van der Waals surface area (Å²) in [7, 11) is 1.70. The van der Waals surface area contributed by atoms with E-state index in [0.717, 1.165) is 0 Å². The van der Waals surface area contributed by atoms with Crippen molar-refractivity contribution in [2.45, 2.75) is 6.92 Å². The van der Waals surface area contributed by atoms with Crippen molar-refractivity contribution in [3.8, 4) is 17.2 Å². The van der Waals surface area contributed by atoms with E-state index in [-0.39, 0.29) is 17.4 Å². The number of nitrogens with one attached hydrogen (secondary N) is 1. The fraction of sp³-hybridized carbons (Fsp3) is 0.167. The smallest absolute Gasteiger partial charge is 0.284 e. The Kier molecular flexibility index (Phi) is 4.74. The standard InChI is InChI=1S/C18H18N4O4/c1-3-25-16-10-13(21-22(16)2)18(24)20-12-6-4-5-11(9-12)14-7-8-15(26-14)17(19)23/h4-10H,3H2,1-2H3,(H2,19,23)(H,20,24). The number of nitrogens with zero attached hydrogens (tertiary/aromatic N) is 2. The Labute approximate surface area is 149 Å². The molecule has 134 valence electrons. The monoisotopic (exact) mass is 354 g/mol. The molecule has 3 aromatic rings. The zero-order chi connectivity index (χ0) is 18.7. The van der Waals surface area contributed by atoms with Crippen LogP contribution < -0.4 is 15.8 Å². The Balaban J connectivity index is 1.78. The van der Waals surface area contributed by atoms with E-state index in [9.17, 15) is 9.59 Å². The molecule has 0 unspecified atom stereocenters. The Morgan fingerprint density at radius 3 is 2.77 bits per heavy atom. The molecule has 0 bridgehead atoms. The van der Waals surface area contributed by atoms with Gasteiger partial charge in [-0.05, 0) is 31.2 Å². The van der Waals surface area contributed by atoms with Crippen molar-refractivity contribution < 1.29 is 18.7 Å². The molecule has 2 aromatic heterocycles. The van der Waals surface area contributed by atoms with Gasteiger partial charge < -0.3 is 20.2 Å². The number of benzene rings is 1. The van der Waals surface area contributed by atoms with Crippen molar-refractivity contribution in [2.75, 3.05) is 11.9 Å². The molecule has 0 aliphatic heterocycles. The van der Waals surface area contributed by atoms with Crippen LogP contribution >= 0.6 is 0 Å². The molecule has 1 aromatic carbocycles. The van der Waals surface area contributed by atoms with Crippen LogP contribution in [0.25, 0.3) is 11.3 Å². The minimum absolute atomic E-state index is 0.0753. The van der Waals surface area contributed by atoms with Gasteiger partial charge in [0.25, 0.3) is 11.8 Å². The number of nitrogens with two attached hydrogens (primary N) is 1. The largest absolute Gasteiger partial charge is 0.478 e. The van der Waals surface area contributed by atoms with E-state index in [1.165, 1.54) is 10.7 Å².